The Labute approximate surface area is 270 Å². The predicted molar refractivity (Wildman–Crippen MR) is 173 cm³/mol. The quantitative estimate of drug-likeness (QED) is 0.264. The normalized spacial score (nSPS) is 31.2. The molecule has 0 radical (unpaired) electrons. The number of alkyl carbamates (subject to hydrolysis) is 1. The van der Waals surface area contributed by atoms with Crippen molar-refractivity contribution in [3.8, 4) is 18.4 Å². The number of rotatable bonds is 10. The first-order chi connectivity index (χ1) is 21.2. The zero-order chi connectivity index (χ0) is 32.6. The molecule has 2 amide bonds. The zero-order valence-corrected chi connectivity index (χ0v) is 27.9. The van der Waals surface area contributed by atoms with E-state index in [2.05, 4.69) is 58.8 Å². The van der Waals surface area contributed by atoms with Crippen LogP contribution in [0.2, 0.25) is 0 Å². The Kier molecular flexibility index (Phi) is 9.65. The molecule has 2 saturated heterocycles. The summed E-state index contributed by atoms with van der Waals surface area (Å²) in [6.07, 6.45) is 10.1. The molecule has 2 bridgehead atoms. The van der Waals surface area contributed by atoms with E-state index in [1.807, 2.05) is 30.3 Å². The summed E-state index contributed by atoms with van der Waals surface area (Å²) in [5, 5.41) is 12.9. The van der Waals surface area contributed by atoms with E-state index in [9.17, 15) is 14.9 Å². The fourth-order valence-corrected chi connectivity index (χ4v) is 8.30. The third kappa shape index (κ3) is 7.06. The van der Waals surface area contributed by atoms with Crippen LogP contribution < -0.4 is 5.32 Å². The van der Waals surface area contributed by atoms with Gasteiger partial charge in [0.15, 0.2) is 0 Å². The van der Waals surface area contributed by atoms with E-state index >= 15 is 0 Å². The molecule has 3 saturated carbocycles. The van der Waals surface area contributed by atoms with Crippen LogP contribution in [-0.4, -0.2) is 60.9 Å². The SMILES string of the molecule is C#CC[C@H]1C[C@H](COC(=O)N[C@@H](Cc2ccccc2)B2O[C@@H]3C[C@@H]4C[C@@H](C4(C)C)[C@]3(C)O2)N(C(=O)C(C#N)CCC(C)(C)C)C1. The minimum Gasteiger partial charge on any atom is -0.447 e. The molecule has 3 aliphatic carbocycles. The van der Waals surface area contributed by atoms with Gasteiger partial charge in [-0.25, -0.2) is 4.79 Å². The molecule has 242 valence electrons. The van der Waals surface area contributed by atoms with Crippen molar-refractivity contribution >= 4 is 19.1 Å². The average molecular weight is 616 g/mol. The topological polar surface area (TPSA) is 101 Å². The highest BCUT2D eigenvalue weighted by atomic mass is 16.7. The van der Waals surface area contributed by atoms with Crippen molar-refractivity contribution in [2.24, 2.45) is 34.5 Å². The number of nitrogens with zero attached hydrogens (tertiary/aromatic N) is 2. The summed E-state index contributed by atoms with van der Waals surface area (Å²) in [6, 6.07) is 11.9. The van der Waals surface area contributed by atoms with E-state index in [-0.39, 0.29) is 41.4 Å². The number of nitriles is 1. The minimum atomic E-state index is -0.738. The Balaban J connectivity index is 1.25. The molecule has 8 nitrogen and oxygen atoms in total. The van der Waals surface area contributed by atoms with E-state index in [0.29, 0.717) is 44.1 Å². The molecular weight excluding hydrogens is 565 g/mol. The number of carbonyl (C=O) groups excluding carboxylic acids is 2. The van der Waals surface area contributed by atoms with Crippen molar-refractivity contribution in [3.05, 3.63) is 35.9 Å². The largest absolute Gasteiger partial charge is 0.482 e. The van der Waals surface area contributed by atoms with Crippen LogP contribution in [0, 0.1) is 58.2 Å². The van der Waals surface area contributed by atoms with Crippen molar-refractivity contribution in [3.63, 3.8) is 0 Å². The second-order valence-corrected chi connectivity index (χ2v) is 15.8. The Morgan fingerprint density at radius 3 is 2.58 bits per heavy atom. The summed E-state index contributed by atoms with van der Waals surface area (Å²) in [6.45, 7) is 13.6. The first-order valence-electron chi connectivity index (χ1n) is 16.7. The molecule has 1 aromatic carbocycles. The lowest BCUT2D eigenvalue weighted by Gasteiger charge is -2.64. The smallest absolute Gasteiger partial charge is 0.447 e. The van der Waals surface area contributed by atoms with Crippen LogP contribution in [0.4, 0.5) is 4.79 Å². The molecule has 1 N–H and O–H groups in total. The Hall–Kier alpha value is -3.01. The number of amides is 2. The van der Waals surface area contributed by atoms with Gasteiger partial charge in [-0.2, -0.15) is 5.26 Å². The fraction of sp³-hybridized carbons (Fsp3) is 0.694. The summed E-state index contributed by atoms with van der Waals surface area (Å²) in [4.78, 5) is 28.6. The van der Waals surface area contributed by atoms with E-state index < -0.39 is 30.7 Å². The molecule has 6 rings (SSSR count). The highest BCUT2D eigenvalue weighted by Gasteiger charge is 2.68. The standard InChI is InChI=1S/C36H50BN3O5/c1-8-12-25-17-28(40(22-25)32(41)26(21-38)15-16-34(2,3)4)23-43-33(42)39-31(18-24-13-10-9-11-14-24)37-44-30-20-27-19-29(35(27,5)6)36(30,7)45-37/h1,9-11,13-14,25-31H,12,15-20,22-23H2,2-7H3,(H,39,42)/t25-,26?,27-,28+,29-,30+,31-,36-/m0/s1. The van der Waals surface area contributed by atoms with Crippen molar-refractivity contribution < 1.29 is 23.6 Å². The van der Waals surface area contributed by atoms with Crippen molar-refractivity contribution in [2.75, 3.05) is 13.2 Å². The monoisotopic (exact) mass is 615 g/mol. The van der Waals surface area contributed by atoms with Gasteiger partial charge in [-0.3, -0.25) is 4.79 Å². The van der Waals surface area contributed by atoms with Gasteiger partial charge >= 0.3 is 13.2 Å². The van der Waals surface area contributed by atoms with Crippen LogP contribution in [-0.2, 0) is 25.3 Å². The first kappa shape index (κ1) is 33.4. The van der Waals surface area contributed by atoms with Gasteiger partial charge in [0.1, 0.15) is 12.5 Å². The van der Waals surface area contributed by atoms with Gasteiger partial charge in [-0.15, -0.1) is 12.3 Å². The van der Waals surface area contributed by atoms with Gasteiger partial charge in [-0.1, -0.05) is 65.0 Å². The van der Waals surface area contributed by atoms with Gasteiger partial charge in [0.05, 0.1) is 29.8 Å². The minimum absolute atomic E-state index is 0.00659. The summed E-state index contributed by atoms with van der Waals surface area (Å²) < 4.78 is 19.1. The number of carbonyl (C=O) groups is 2. The highest BCUT2D eigenvalue weighted by molar-refractivity contribution is 6.47. The maximum atomic E-state index is 13.5. The molecule has 5 fully saturated rings. The van der Waals surface area contributed by atoms with E-state index in [0.717, 1.165) is 24.8 Å². The van der Waals surface area contributed by atoms with Gasteiger partial charge in [-0.05, 0) is 79.6 Å². The lowest BCUT2D eigenvalue weighted by Crippen LogP contribution is -2.65. The third-order valence-electron chi connectivity index (χ3n) is 11.1. The molecule has 1 unspecified atom stereocenters. The van der Waals surface area contributed by atoms with Crippen LogP contribution in [0.5, 0.6) is 0 Å². The number of benzene rings is 1. The van der Waals surface area contributed by atoms with Crippen molar-refractivity contribution in [2.45, 2.75) is 110 Å². The highest BCUT2D eigenvalue weighted by Crippen LogP contribution is 2.65. The molecule has 45 heavy (non-hydrogen) atoms. The van der Waals surface area contributed by atoms with Crippen LogP contribution >= 0.6 is 0 Å². The second-order valence-electron chi connectivity index (χ2n) is 15.8. The number of hydrogen-bond acceptors (Lipinski definition) is 6. The van der Waals surface area contributed by atoms with Crippen LogP contribution in [0.25, 0.3) is 0 Å². The number of hydrogen-bond donors (Lipinski definition) is 1. The Bertz CT molecular complexity index is 1320. The predicted octanol–water partition coefficient (Wildman–Crippen LogP) is 5.80. The molecule has 0 spiro atoms. The van der Waals surface area contributed by atoms with Gasteiger partial charge in [0, 0.05) is 13.0 Å². The Morgan fingerprint density at radius 1 is 1.20 bits per heavy atom. The lowest BCUT2D eigenvalue weighted by atomic mass is 9.43. The second kappa shape index (κ2) is 13.0. The number of likely N-dealkylation sites (tertiary alicyclic amines) is 1. The van der Waals surface area contributed by atoms with Crippen molar-refractivity contribution in [1.82, 2.24) is 10.2 Å². The zero-order valence-electron chi connectivity index (χ0n) is 27.9. The summed E-state index contributed by atoms with van der Waals surface area (Å²) in [5.74, 6) is 2.43. The van der Waals surface area contributed by atoms with Crippen LogP contribution in [0.1, 0.15) is 85.6 Å². The molecule has 8 atom stereocenters. The Morgan fingerprint density at radius 2 is 1.93 bits per heavy atom. The van der Waals surface area contributed by atoms with E-state index in [1.54, 1.807) is 4.90 Å². The fourth-order valence-electron chi connectivity index (χ4n) is 8.30. The maximum absolute atomic E-state index is 13.5. The molecule has 1 aromatic rings. The molecule has 5 aliphatic rings. The van der Waals surface area contributed by atoms with E-state index in [4.69, 9.17) is 20.5 Å². The third-order valence-corrected chi connectivity index (χ3v) is 11.1. The average Bonchev–Trinajstić information content (AvgIpc) is 3.56. The number of ether oxygens (including phenoxy) is 1. The first-order valence-corrected chi connectivity index (χ1v) is 16.7. The number of nitrogens with one attached hydrogen (secondary N) is 1. The molecule has 0 aromatic heterocycles. The molecule has 2 aliphatic heterocycles. The summed E-state index contributed by atoms with van der Waals surface area (Å²) in [7, 11) is -0.605. The number of terminal acetylenes is 1. The lowest BCUT2D eigenvalue weighted by molar-refractivity contribution is -0.199. The van der Waals surface area contributed by atoms with E-state index in [1.165, 1.54) is 0 Å². The van der Waals surface area contributed by atoms with Gasteiger partial charge < -0.3 is 24.3 Å². The molecular formula is C36H50BN3O5. The van der Waals surface area contributed by atoms with Crippen LogP contribution in [0.15, 0.2) is 30.3 Å². The van der Waals surface area contributed by atoms with Gasteiger partial charge in [0.2, 0.25) is 5.91 Å². The molecule has 9 heteroatoms. The summed E-state index contributed by atoms with van der Waals surface area (Å²) >= 11 is 0. The van der Waals surface area contributed by atoms with Crippen molar-refractivity contribution in [1.29, 1.82) is 5.26 Å². The van der Waals surface area contributed by atoms with Crippen LogP contribution in [0.3, 0.4) is 0 Å². The molecule has 2 heterocycles. The maximum Gasteiger partial charge on any atom is 0.482 e. The van der Waals surface area contributed by atoms with Gasteiger partial charge in [0.25, 0.3) is 0 Å². The summed E-state index contributed by atoms with van der Waals surface area (Å²) in [5.41, 5.74) is 0.887.